The Balaban J connectivity index is 2.39. The Morgan fingerprint density at radius 3 is 2.94 bits per heavy atom. The second-order valence-electron chi connectivity index (χ2n) is 4.15. The number of hydrogen-bond donors (Lipinski definition) is 1. The van der Waals surface area contributed by atoms with Crippen LogP contribution in [0.25, 0.3) is 11.3 Å². The van der Waals surface area contributed by atoms with E-state index in [1.807, 2.05) is 22.8 Å². The lowest BCUT2D eigenvalue weighted by Crippen LogP contribution is -2.02. The van der Waals surface area contributed by atoms with Crippen LogP contribution in [0.15, 0.2) is 29.0 Å². The van der Waals surface area contributed by atoms with Crippen molar-refractivity contribution >= 4 is 33.3 Å². The van der Waals surface area contributed by atoms with E-state index in [1.54, 1.807) is 6.33 Å². The molecule has 1 heterocycles. The Hall–Kier alpha value is -1.00. The van der Waals surface area contributed by atoms with Crippen LogP contribution in [-0.2, 0) is 6.54 Å². The van der Waals surface area contributed by atoms with E-state index in [4.69, 9.17) is 17.3 Å². The first-order chi connectivity index (χ1) is 8.63. The monoisotopic (exact) mass is 327 g/mol. The topological polar surface area (TPSA) is 43.8 Å². The molecule has 0 bridgehead atoms. The number of hydrogen-bond acceptors (Lipinski definition) is 2. The number of benzene rings is 1. The molecule has 0 aliphatic heterocycles. The molecule has 0 fully saturated rings. The van der Waals surface area contributed by atoms with Crippen molar-refractivity contribution in [2.75, 3.05) is 5.73 Å². The third kappa shape index (κ3) is 2.70. The van der Waals surface area contributed by atoms with E-state index >= 15 is 0 Å². The van der Waals surface area contributed by atoms with E-state index in [1.165, 1.54) is 0 Å². The number of aromatic nitrogens is 2. The van der Waals surface area contributed by atoms with Gasteiger partial charge in [-0.2, -0.15) is 0 Å². The maximum absolute atomic E-state index is 6.13. The van der Waals surface area contributed by atoms with Crippen LogP contribution in [0, 0.1) is 0 Å². The van der Waals surface area contributed by atoms with Gasteiger partial charge < -0.3 is 10.3 Å². The molecule has 2 N–H and O–H groups in total. The molecule has 0 atom stereocenters. The average molecular weight is 329 g/mol. The third-order valence-electron chi connectivity index (χ3n) is 2.81. The molecular weight excluding hydrogens is 314 g/mol. The normalized spacial score (nSPS) is 10.8. The first-order valence-corrected chi connectivity index (χ1v) is 7.06. The van der Waals surface area contributed by atoms with E-state index in [9.17, 15) is 0 Å². The molecule has 0 unspecified atom stereocenters. The minimum absolute atomic E-state index is 0.677. The first-order valence-electron chi connectivity index (χ1n) is 5.89. The number of halogens is 2. The first kappa shape index (κ1) is 13.4. The molecule has 96 valence electrons. The maximum Gasteiger partial charge on any atom is 0.131 e. The number of imidazole rings is 1. The Morgan fingerprint density at radius 2 is 2.22 bits per heavy atom. The Morgan fingerprint density at radius 1 is 1.44 bits per heavy atom. The van der Waals surface area contributed by atoms with Crippen LogP contribution in [0.2, 0.25) is 5.02 Å². The van der Waals surface area contributed by atoms with Crippen molar-refractivity contribution in [2.24, 2.45) is 0 Å². The lowest BCUT2D eigenvalue weighted by Gasteiger charge is -2.06. The zero-order valence-corrected chi connectivity index (χ0v) is 12.5. The molecule has 18 heavy (non-hydrogen) atoms. The number of nitrogens with two attached hydrogens (primary N) is 1. The third-order valence-corrected chi connectivity index (χ3v) is 3.74. The molecule has 0 saturated heterocycles. The predicted octanol–water partition coefficient (Wildman–Crippen LogP) is 4.35. The van der Waals surface area contributed by atoms with E-state index in [-0.39, 0.29) is 0 Å². The van der Waals surface area contributed by atoms with Crippen LogP contribution in [0.3, 0.4) is 0 Å². The second kappa shape index (κ2) is 5.76. The smallest absolute Gasteiger partial charge is 0.131 e. The molecule has 2 rings (SSSR count). The summed E-state index contributed by atoms with van der Waals surface area (Å²) >= 11 is 9.51. The van der Waals surface area contributed by atoms with Gasteiger partial charge in [-0.15, -0.1) is 0 Å². The highest BCUT2D eigenvalue weighted by atomic mass is 79.9. The molecular formula is C13H15BrClN3. The summed E-state index contributed by atoms with van der Waals surface area (Å²) in [4.78, 5) is 4.39. The highest BCUT2D eigenvalue weighted by Gasteiger charge is 2.12. The van der Waals surface area contributed by atoms with E-state index in [0.717, 1.165) is 35.1 Å². The molecule has 0 saturated carbocycles. The molecule has 0 amide bonds. The van der Waals surface area contributed by atoms with Gasteiger partial charge in [-0.25, -0.2) is 4.98 Å². The quantitative estimate of drug-likeness (QED) is 0.907. The molecule has 0 aliphatic carbocycles. The van der Waals surface area contributed by atoms with E-state index < -0.39 is 0 Å². The fourth-order valence-corrected chi connectivity index (χ4v) is 2.39. The summed E-state index contributed by atoms with van der Waals surface area (Å²) in [5, 5.41) is 0.677. The number of nitrogen functional groups attached to an aromatic ring is 1. The van der Waals surface area contributed by atoms with Crippen molar-refractivity contribution < 1.29 is 0 Å². The van der Waals surface area contributed by atoms with Gasteiger partial charge in [0.25, 0.3) is 0 Å². The number of nitrogens with zero attached hydrogens (tertiary/aromatic N) is 2. The van der Waals surface area contributed by atoms with Gasteiger partial charge in [-0.05, 0) is 24.6 Å². The van der Waals surface area contributed by atoms with Crippen LogP contribution in [0.5, 0.6) is 0 Å². The summed E-state index contributed by atoms with van der Waals surface area (Å²) in [7, 11) is 0. The van der Waals surface area contributed by atoms with Gasteiger partial charge in [-0.3, -0.25) is 0 Å². The van der Waals surface area contributed by atoms with E-state index in [0.29, 0.717) is 10.8 Å². The minimum atomic E-state index is 0.677. The number of unbranched alkanes of at least 4 members (excludes halogenated alkanes) is 1. The van der Waals surface area contributed by atoms with Gasteiger partial charge in [0.1, 0.15) is 11.5 Å². The molecule has 1 aromatic carbocycles. The standard InChI is InChI=1S/C13H15BrClN3/c1-2-3-6-18-8-17-12(13(18)16)10-7-9(15)4-5-11(10)14/h4-5,7-8H,2-3,6,16H2,1H3. The largest absolute Gasteiger partial charge is 0.383 e. The van der Waals surface area contributed by atoms with Gasteiger partial charge in [0.05, 0.1) is 6.33 Å². The predicted molar refractivity (Wildman–Crippen MR) is 79.7 cm³/mol. The zero-order chi connectivity index (χ0) is 13.1. The van der Waals surface area contributed by atoms with E-state index in [2.05, 4.69) is 27.8 Å². The van der Waals surface area contributed by atoms with Gasteiger partial charge >= 0.3 is 0 Å². The number of rotatable bonds is 4. The van der Waals surface area contributed by atoms with Crippen molar-refractivity contribution in [1.29, 1.82) is 0 Å². The fraction of sp³-hybridized carbons (Fsp3) is 0.308. The SMILES string of the molecule is CCCCn1cnc(-c2cc(Cl)ccc2Br)c1N. The second-order valence-corrected chi connectivity index (χ2v) is 5.44. The van der Waals surface area contributed by atoms with Gasteiger partial charge in [0, 0.05) is 21.6 Å². The van der Waals surface area contributed by atoms with Crippen LogP contribution >= 0.6 is 27.5 Å². The molecule has 1 aromatic heterocycles. The van der Waals surface area contributed by atoms with Crippen molar-refractivity contribution in [3.05, 3.63) is 34.0 Å². The summed E-state index contributed by atoms with van der Waals surface area (Å²) in [6, 6.07) is 5.61. The average Bonchev–Trinajstić information content (AvgIpc) is 2.71. The molecule has 0 spiro atoms. The highest BCUT2D eigenvalue weighted by molar-refractivity contribution is 9.10. The van der Waals surface area contributed by atoms with Crippen molar-refractivity contribution in [2.45, 2.75) is 26.3 Å². The Kier molecular flexibility index (Phi) is 4.30. The lowest BCUT2D eigenvalue weighted by atomic mass is 10.1. The summed E-state index contributed by atoms with van der Waals surface area (Å²) in [5.74, 6) is 0.686. The van der Waals surface area contributed by atoms with Crippen molar-refractivity contribution in [1.82, 2.24) is 9.55 Å². The van der Waals surface area contributed by atoms with Crippen molar-refractivity contribution in [3.8, 4) is 11.3 Å². The minimum Gasteiger partial charge on any atom is -0.383 e. The summed E-state index contributed by atoms with van der Waals surface area (Å²) in [5.41, 5.74) is 7.84. The van der Waals surface area contributed by atoms with Crippen LogP contribution in [0.4, 0.5) is 5.82 Å². The van der Waals surface area contributed by atoms with Crippen LogP contribution in [-0.4, -0.2) is 9.55 Å². The molecule has 2 aromatic rings. The van der Waals surface area contributed by atoms with Crippen molar-refractivity contribution in [3.63, 3.8) is 0 Å². The number of anilines is 1. The molecule has 0 radical (unpaired) electrons. The highest BCUT2D eigenvalue weighted by Crippen LogP contribution is 2.33. The summed E-state index contributed by atoms with van der Waals surface area (Å²) in [6.07, 6.45) is 4.01. The number of aryl methyl sites for hydroxylation is 1. The van der Waals surface area contributed by atoms with Gasteiger partial charge in [0.15, 0.2) is 0 Å². The van der Waals surface area contributed by atoms with Gasteiger partial charge in [0.2, 0.25) is 0 Å². The van der Waals surface area contributed by atoms with Crippen LogP contribution in [0.1, 0.15) is 19.8 Å². The molecule has 0 aliphatic rings. The summed E-state index contributed by atoms with van der Waals surface area (Å²) < 4.78 is 2.92. The molecule has 3 nitrogen and oxygen atoms in total. The Labute approximate surface area is 120 Å². The Bertz CT molecular complexity index is 551. The van der Waals surface area contributed by atoms with Crippen LogP contribution < -0.4 is 5.73 Å². The maximum atomic E-state index is 6.13. The summed E-state index contributed by atoms with van der Waals surface area (Å²) in [6.45, 7) is 3.05. The zero-order valence-electron chi connectivity index (χ0n) is 10.2. The van der Waals surface area contributed by atoms with Gasteiger partial charge in [-0.1, -0.05) is 40.9 Å². The fourth-order valence-electron chi connectivity index (χ4n) is 1.78. The lowest BCUT2D eigenvalue weighted by molar-refractivity contribution is 0.637. The molecule has 5 heteroatoms.